The van der Waals surface area contributed by atoms with Gasteiger partial charge in [-0.3, -0.25) is 0 Å². The summed E-state index contributed by atoms with van der Waals surface area (Å²) in [7, 11) is 0. The fraction of sp³-hybridized carbons (Fsp3) is 0.286. The van der Waals surface area contributed by atoms with E-state index >= 15 is 0 Å². The number of hydrogen-bond acceptors (Lipinski definition) is 6. The summed E-state index contributed by atoms with van der Waals surface area (Å²) < 4.78 is 1.75. The molecule has 3 aromatic rings. The molecule has 0 aliphatic rings. The van der Waals surface area contributed by atoms with Gasteiger partial charge >= 0.3 is 0 Å². The van der Waals surface area contributed by atoms with Gasteiger partial charge in [-0.25, -0.2) is 15.0 Å². The molecule has 0 aliphatic heterocycles. The molecule has 7 heteroatoms. The number of nitrogens with one attached hydrogen (secondary N) is 1. The van der Waals surface area contributed by atoms with Gasteiger partial charge in [0.25, 0.3) is 0 Å². The molecule has 3 aromatic heterocycles. The molecule has 0 amide bonds. The molecule has 3 rings (SSSR count). The Balaban J connectivity index is 1.97. The summed E-state index contributed by atoms with van der Waals surface area (Å²) in [5.41, 5.74) is 0. The molecule has 0 aliphatic carbocycles. The first kappa shape index (κ1) is 13.5. The van der Waals surface area contributed by atoms with E-state index in [1.54, 1.807) is 28.3 Å². The Kier molecular flexibility index (Phi) is 3.79. The summed E-state index contributed by atoms with van der Waals surface area (Å²) in [6.45, 7) is 3.43. The Bertz CT molecular complexity index is 797. The third kappa shape index (κ3) is 2.71. The second-order valence-corrected chi connectivity index (χ2v) is 5.44. The van der Waals surface area contributed by atoms with Crippen LogP contribution in [0.2, 0.25) is 0 Å². The lowest BCUT2D eigenvalue weighted by Crippen LogP contribution is -2.09. The van der Waals surface area contributed by atoms with Crippen molar-refractivity contribution in [2.24, 2.45) is 0 Å². The number of nitrogens with zero attached hydrogens (tertiary/aromatic N) is 5. The molecule has 0 fully saturated rings. The quantitative estimate of drug-likeness (QED) is 0.783. The lowest BCUT2D eigenvalue weighted by molar-refractivity contribution is 0.738. The Hall–Kier alpha value is -2.46. The van der Waals surface area contributed by atoms with Gasteiger partial charge in [0.05, 0.1) is 11.9 Å². The molecule has 0 bridgehead atoms. The zero-order valence-corrected chi connectivity index (χ0v) is 12.4. The third-order valence-corrected chi connectivity index (χ3v) is 3.85. The van der Waals surface area contributed by atoms with E-state index in [1.165, 1.54) is 0 Å². The van der Waals surface area contributed by atoms with Crippen LogP contribution in [0.1, 0.15) is 25.0 Å². The van der Waals surface area contributed by atoms with Crippen molar-refractivity contribution in [1.29, 1.82) is 5.26 Å². The van der Waals surface area contributed by atoms with Gasteiger partial charge in [-0.1, -0.05) is 6.92 Å². The number of rotatable bonds is 5. The topological polar surface area (TPSA) is 79.4 Å². The van der Waals surface area contributed by atoms with Crippen molar-refractivity contribution >= 4 is 27.4 Å². The van der Waals surface area contributed by atoms with Crippen molar-refractivity contribution in [3.63, 3.8) is 0 Å². The minimum absolute atomic E-state index is 0.368. The van der Waals surface area contributed by atoms with Crippen molar-refractivity contribution in [3.05, 3.63) is 35.5 Å². The number of thiophene rings is 1. The van der Waals surface area contributed by atoms with Crippen molar-refractivity contribution in [3.8, 4) is 6.07 Å². The maximum Gasteiger partial charge on any atom is 0.213 e. The highest BCUT2D eigenvalue weighted by Crippen LogP contribution is 2.25. The number of hydrogen-bond donors (Lipinski definition) is 1. The summed E-state index contributed by atoms with van der Waals surface area (Å²) in [5, 5.41) is 15.4. The maximum absolute atomic E-state index is 9.01. The molecular formula is C14H14N6S. The number of aromatic nitrogens is 4. The van der Waals surface area contributed by atoms with Gasteiger partial charge < -0.3 is 9.88 Å². The normalized spacial score (nSPS) is 10.7. The van der Waals surface area contributed by atoms with E-state index in [-0.39, 0.29) is 0 Å². The molecule has 6 nitrogen and oxygen atoms in total. The van der Waals surface area contributed by atoms with Gasteiger partial charge in [0.15, 0.2) is 5.82 Å². The van der Waals surface area contributed by atoms with Gasteiger partial charge in [0, 0.05) is 18.9 Å². The minimum Gasteiger partial charge on any atom is -0.369 e. The van der Waals surface area contributed by atoms with E-state index in [4.69, 9.17) is 5.26 Å². The summed E-state index contributed by atoms with van der Waals surface area (Å²) in [6, 6.07) is 4.09. The van der Waals surface area contributed by atoms with E-state index in [1.807, 2.05) is 11.4 Å². The highest BCUT2D eigenvalue weighted by atomic mass is 32.1. The summed E-state index contributed by atoms with van der Waals surface area (Å²) in [6.07, 6.45) is 4.41. The van der Waals surface area contributed by atoms with Gasteiger partial charge in [0.2, 0.25) is 5.82 Å². The first-order chi connectivity index (χ1) is 10.3. The number of anilines is 1. The van der Waals surface area contributed by atoms with E-state index in [2.05, 4.69) is 33.3 Å². The Morgan fingerprint density at radius 2 is 2.33 bits per heavy atom. The highest BCUT2D eigenvalue weighted by molar-refractivity contribution is 7.16. The van der Waals surface area contributed by atoms with Crippen LogP contribution >= 0.6 is 11.3 Å². The Labute approximate surface area is 126 Å². The zero-order valence-electron chi connectivity index (χ0n) is 11.6. The van der Waals surface area contributed by atoms with Gasteiger partial charge in [-0.05, 0) is 17.9 Å². The zero-order chi connectivity index (χ0) is 14.7. The van der Waals surface area contributed by atoms with Gasteiger partial charge in [-0.2, -0.15) is 5.26 Å². The molecular weight excluding hydrogens is 284 g/mol. The molecule has 0 atom stereocenters. The van der Waals surface area contributed by atoms with Crippen LogP contribution in [0.5, 0.6) is 0 Å². The van der Waals surface area contributed by atoms with Crippen LogP contribution in [-0.4, -0.2) is 26.1 Å². The standard InChI is InChI=1S/C14H14N6S/c1-2-4-17-13-10-3-7-21-14(10)19-11(18-13)9-20-6-5-16-12(20)8-15/h3,5-7H,2,4,9H2,1H3,(H,17,18,19). The van der Waals surface area contributed by atoms with Crippen LogP contribution in [0.3, 0.4) is 0 Å². The molecule has 0 saturated carbocycles. The summed E-state index contributed by atoms with van der Waals surface area (Å²) in [5.74, 6) is 1.91. The van der Waals surface area contributed by atoms with Crippen molar-refractivity contribution < 1.29 is 0 Å². The van der Waals surface area contributed by atoms with Gasteiger partial charge in [-0.15, -0.1) is 11.3 Å². The van der Waals surface area contributed by atoms with Crippen molar-refractivity contribution in [1.82, 2.24) is 19.5 Å². The van der Waals surface area contributed by atoms with E-state index in [0.29, 0.717) is 18.2 Å². The fourth-order valence-corrected chi connectivity index (χ4v) is 2.83. The molecule has 0 unspecified atom stereocenters. The highest BCUT2D eigenvalue weighted by Gasteiger charge is 2.10. The lowest BCUT2D eigenvalue weighted by Gasteiger charge is -2.08. The molecule has 0 saturated heterocycles. The molecule has 3 heterocycles. The van der Waals surface area contributed by atoms with E-state index < -0.39 is 0 Å². The smallest absolute Gasteiger partial charge is 0.213 e. The molecule has 0 radical (unpaired) electrons. The van der Waals surface area contributed by atoms with Crippen LogP contribution in [0.25, 0.3) is 10.2 Å². The Morgan fingerprint density at radius 3 is 3.14 bits per heavy atom. The van der Waals surface area contributed by atoms with Gasteiger partial charge in [0.1, 0.15) is 16.7 Å². The largest absolute Gasteiger partial charge is 0.369 e. The maximum atomic E-state index is 9.01. The second kappa shape index (κ2) is 5.89. The minimum atomic E-state index is 0.368. The Morgan fingerprint density at radius 1 is 1.43 bits per heavy atom. The SMILES string of the molecule is CCCNc1nc(Cn2ccnc2C#N)nc2sccc12. The second-order valence-electron chi connectivity index (χ2n) is 4.55. The van der Waals surface area contributed by atoms with Crippen LogP contribution in [0.4, 0.5) is 5.82 Å². The first-order valence-corrected chi connectivity index (χ1v) is 7.59. The molecule has 106 valence electrons. The fourth-order valence-electron chi connectivity index (χ4n) is 2.05. The summed E-state index contributed by atoms with van der Waals surface area (Å²) in [4.78, 5) is 14.1. The molecule has 21 heavy (non-hydrogen) atoms. The van der Waals surface area contributed by atoms with Crippen molar-refractivity contribution in [2.75, 3.05) is 11.9 Å². The third-order valence-electron chi connectivity index (χ3n) is 3.04. The molecule has 0 aromatic carbocycles. The molecule has 0 spiro atoms. The predicted molar refractivity (Wildman–Crippen MR) is 82.2 cm³/mol. The average Bonchev–Trinajstić information content (AvgIpc) is 3.13. The predicted octanol–water partition coefficient (Wildman–Crippen LogP) is 2.63. The van der Waals surface area contributed by atoms with Crippen LogP contribution < -0.4 is 5.32 Å². The number of fused-ring (bicyclic) bond motifs is 1. The molecule has 1 N–H and O–H groups in total. The number of imidazole rings is 1. The monoisotopic (exact) mass is 298 g/mol. The van der Waals surface area contributed by atoms with Crippen LogP contribution in [-0.2, 0) is 6.54 Å². The number of nitriles is 1. The average molecular weight is 298 g/mol. The van der Waals surface area contributed by atoms with Crippen LogP contribution in [0, 0.1) is 11.3 Å². The van der Waals surface area contributed by atoms with Crippen LogP contribution in [0.15, 0.2) is 23.8 Å². The first-order valence-electron chi connectivity index (χ1n) is 6.71. The summed E-state index contributed by atoms with van der Waals surface area (Å²) >= 11 is 1.59. The van der Waals surface area contributed by atoms with E-state index in [0.717, 1.165) is 29.0 Å². The van der Waals surface area contributed by atoms with E-state index in [9.17, 15) is 0 Å². The van der Waals surface area contributed by atoms with Crippen molar-refractivity contribution in [2.45, 2.75) is 19.9 Å². The lowest BCUT2D eigenvalue weighted by atomic mass is 10.3.